The minimum Gasteiger partial charge on any atom is -0.261 e. The van der Waals surface area contributed by atoms with Gasteiger partial charge in [0.1, 0.15) is 0 Å². The molecule has 0 aromatic heterocycles. The minimum absolute atomic E-state index is 0.150. The summed E-state index contributed by atoms with van der Waals surface area (Å²) < 4.78 is 22.9. The average Bonchev–Trinajstić information content (AvgIpc) is 2.15. The van der Waals surface area contributed by atoms with Crippen LogP contribution in [0.1, 0.15) is 27.7 Å². The predicted molar refractivity (Wildman–Crippen MR) is 70.5 cm³/mol. The van der Waals surface area contributed by atoms with Gasteiger partial charge in [0.25, 0.3) is 0 Å². The van der Waals surface area contributed by atoms with Crippen LogP contribution in [0.2, 0.25) is 0 Å². The second-order valence-corrected chi connectivity index (χ2v) is 6.69. The van der Waals surface area contributed by atoms with Crippen molar-refractivity contribution in [1.82, 2.24) is 0 Å². The topological polar surface area (TPSA) is 46.5 Å². The van der Waals surface area contributed by atoms with Crippen molar-refractivity contribution >= 4 is 15.5 Å². The van der Waals surface area contributed by atoms with Crippen LogP contribution in [0, 0.1) is 5.92 Å². The Morgan fingerprint density at radius 1 is 1.31 bits per heavy atom. The largest absolute Gasteiger partial charge is 0.261 e. The van der Waals surface area contributed by atoms with Crippen molar-refractivity contribution in [2.45, 2.75) is 32.9 Å². The van der Waals surface area contributed by atoms with Crippen LogP contribution in [-0.2, 0) is 9.84 Å². The fourth-order valence-corrected chi connectivity index (χ4v) is 2.05. The van der Waals surface area contributed by atoms with Crippen LogP contribution < -0.4 is 0 Å². The molecule has 0 aliphatic heterocycles. The van der Waals surface area contributed by atoms with Crippen molar-refractivity contribution in [2.75, 3.05) is 6.26 Å². The Morgan fingerprint density at radius 3 is 2.12 bits per heavy atom. The maximum absolute atomic E-state index is 11.4. The lowest BCUT2D eigenvalue weighted by atomic mass is 10.0. The summed E-state index contributed by atoms with van der Waals surface area (Å²) in [7, 11) is -3.05. The van der Waals surface area contributed by atoms with Gasteiger partial charge in [0, 0.05) is 24.1 Å². The third kappa shape index (κ3) is 4.75. The molecule has 0 fully saturated rings. The third-order valence-corrected chi connectivity index (χ3v) is 4.29. The minimum atomic E-state index is -3.05. The smallest absolute Gasteiger partial charge is 0.150 e. The fraction of sp³-hybridized carbons (Fsp3) is 0.583. The lowest BCUT2D eigenvalue weighted by Crippen LogP contribution is -2.29. The SMILES string of the molecule is C=CC(=NC=C(C)C)[C@@H](C)[C@H](C)S(C)(=O)=O. The normalized spacial score (nSPS) is 16.4. The van der Waals surface area contributed by atoms with Gasteiger partial charge in [0.2, 0.25) is 0 Å². The van der Waals surface area contributed by atoms with Crippen LogP contribution in [-0.4, -0.2) is 25.6 Å². The van der Waals surface area contributed by atoms with Gasteiger partial charge >= 0.3 is 0 Å². The number of hydrogen-bond donors (Lipinski definition) is 0. The molecule has 3 nitrogen and oxygen atoms in total. The van der Waals surface area contributed by atoms with E-state index in [1.54, 1.807) is 19.2 Å². The van der Waals surface area contributed by atoms with E-state index in [-0.39, 0.29) is 5.92 Å². The van der Waals surface area contributed by atoms with E-state index < -0.39 is 15.1 Å². The summed E-state index contributed by atoms with van der Waals surface area (Å²) in [6.07, 6.45) is 4.59. The first kappa shape index (κ1) is 15.1. The van der Waals surface area contributed by atoms with E-state index in [1.165, 1.54) is 6.26 Å². The monoisotopic (exact) mass is 243 g/mol. The number of sulfone groups is 1. The highest BCUT2D eigenvalue weighted by atomic mass is 32.2. The highest BCUT2D eigenvalue weighted by molar-refractivity contribution is 7.91. The second kappa shape index (κ2) is 5.99. The predicted octanol–water partition coefficient (Wildman–Crippen LogP) is 2.61. The van der Waals surface area contributed by atoms with Crippen molar-refractivity contribution < 1.29 is 8.42 Å². The molecule has 0 rings (SSSR count). The second-order valence-electron chi connectivity index (χ2n) is 4.29. The van der Waals surface area contributed by atoms with Gasteiger partial charge in [-0.1, -0.05) is 19.1 Å². The Balaban J connectivity index is 5.08. The Morgan fingerprint density at radius 2 is 1.81 bits per heavy atom. The molecule has 0 radical (unpaired) electrons. The van der Waals surface area contributed by atoms with Crippen molar-refractivity contribution in [3.63, 3.8) is 0 Å². The molecule has 0 bridgehead atoms. The molecule has 0 amide bonds. The van der Waals surface area contributed by atoms with Crippen LogP contribution in [0.4, 0.5) is 0 Å². The van der Waals surface area contributed by atoms with E-state index in [4.69, 9.17) is 0 Å². The highest BCUT2D eigenvalue weighted by Gasteiger charge is 2.24. The van der Waals surface area contributed by atoms with Crippen LogP contribution in [0.3, 0.4) is 0 Å². The standard InChI is InChI=1S/C12H21NO2S/c1-7-12(13-8-9(2)3)10(4)11(5)16(6,14)15/h7-8,10-11H,1H2,2-6H3/t10-,11-/m0/s1. The number of rotatable bonds is 5. The third-order valence-electron chi connectivity index (χ3n) is 2.53. The van der Waals surface area contributed by atoms with Crippen LogP contribution >= 0.6 is 0 Å². The van der Waals surface area contributed by atoms with Crippen molar-refractivity contribution in [2.24, 2.45) is 10.9 Å². The van der Waals surface area contributed by atoms with Gasteiger partial charge in [-0.15, -0.1) is 0 Å². The van der Waals surface area contributed by atoms with E-state index in [1.807, 2.05) is 20.8 Å². The maximum Gasteiger partial charge on any atom is 0.150 e. The molecule has 4 heteroatoms. The summed E-state index contributed by atoms with van der Waals surface area (Å²) in [6.45, 7) is 11.1. The molecule has 0 saturated heterocycles. The van der Waals surface area contributed by atoms with Gasteiger partial charge in [-0.3, -0.25) is 4.99 Å². The lowest BCUT2D eigenvalue weighted by molar-refractivity contribution is 0.575. The quantitative estimate of drug-likeness (QED) is 0.697. The van der Waals surface area contributed by atoms with Crippen molar-refractivity contribution in [3.8, 4) is 0 Å². The Labute approximate surface area is 98.9 Å². The molecule has 0 heterocycles. The number of aliphatic imine (C=N–C) groups is 1. The first-order chi connectivity index (χ1) is 7.20. The zero-order valence-corrected chi connectivity index (χ0v) is 11.5. The van der Waals surface area contributed by atoms with Crippen LogP contribution in [0.15, 0.2) is 29.4 Å². The van der Waals surface area contributed by atoms with Gasteiger partial charge in [0.15, 0.2) is 9.84 Å². The molecular weight excluding hydrogens is 222 g/mol. The van der Waals surface area contributed by atoms with Crippen molar-refractivity contribution in [3.05, 3.63) is 24.4 Å². The van der Waals surface area contributed by atoms with Gasteiger partial charge in [-0.25, -0.2) is 8.42 Å². The van der Waals surface area contributed by atoms with Crippen LogP contribution in [0.5, 0.6) is 0 Å². The molecule has 92 valence electrons. The lowest BCUT2D eigenvalue weighted by Gasteiger charge is -2.18. The summed E-state index contributed by atoms with van der Waals surface area (Å²) in [4.78, 5) is 4.25. The molecule has 0 saturated carbocycles. The molecule has 0 aromatic rings. The van der Waals surface area contributed by atoms with Gasteiger partial charge in [-0.05, 0) is 26.8 Å². The Hall–Kier alpha value is -0.900. The zero-order valence-electron chi connectivity index (χ0n) is 10.7. The molecule has 0 unspecified atom stereocenters. The number of hydrogen-bond acceptors (Lipinski definition) is 3. The van der Waals surface area contributed by atoms with E-state index in [0.29, 0.717) is 5.71 Å². The van der Waals surface area contributed by atoms with Crippen LogP contribution in [0.25, 0.3) is 0 Å². The van der Waals surface area contributed by atoms with Gasteiger partial charge in [-0.2, -0.15) is 0 Å². The van der Waals surface area contributed by atoms with E-state index in [2.05, 4.69) is 11.6 Å². The van der Waals surface area contributed by atoms with E-state index >= 15 is 0 Å². The van der Waals surface area contributed by atoms with Gasteiger partial charge in [0.05, 0.1) is 5.25 Å². The summed E-state index contributed by atoms with van der Waals surface area (Å²) >= 11 is 0. The van der Waals surface area contributed by atoms with Gasteiger partial charge < -0.3 is 0 Å². The van der Waals surface area contributed by atoms with Crippen molar-refractivity contribution in [1.29, 1.82) is 0 Å². The molecule has 0 aliphatic carbocycles. The first-order valence-corrected chi connectivity index (χ1v) is 7.18. The Kier molecular flexibility index (Phi) is 5.65. The maximum atomic E-state index is 11.4. The molecule has 0 aliphatic rings. The number of allylic oxidation sites excluding steroid dienone is 2. The number of nitrogens with zero attached hydrogens (tertiary/aromatic N) is 1. The molecule has 0 spiro atoms. The first-order valence-electron chi connectivity index (χ1n) is 5.22. The fourth-order valence-electron chi connectivity index (χ4n) is 1.17. The summed E-state index contributed by atoms with van der Waals surface area (Å²) in [5, 5.41) is -0.449. The molecular formula is C12H21NO2S. The molecule has 16 heavy (non-hydrogen) atoms. The molecule has 0 aromatic carbocycles. The molecule has 2 atom stereocenters. The Bertz CT molecular complexity index is 401. The van der Waals surface area contributed by atoms with E-state index in [9.17, 15) is 8.42 Å². The summed E-state index contributed by atoms with van der Waals surface area (Å²) in [6, 6.07) is 0. The average molecular weight is 243 g/mol. The summed E-state index contributed by atoms with van der Waals surface area (Å²) in [5.41, 5.74) is 1.78. The highest BCUT2D eigenvalue weighted by Crippen LogP contribution is 2.14. The van der Waals surface area contributed by atoms with E-state index in [0.717, 1.165) is 5.57 Å². The zero-order chi connectivity index (χ0) is 12.9. The summed E-state index contributed by atoms with van der Waals surface area (Å²) in [5.74, 6) is -0.150. The molecule has 0 N–H and O–H groups in total.